The maximum atomic E-state index is 13.1. The van der Waals surface area contributed by atoms with Crippen LogP contribution < -0.4 is 0 Å². The number of aliphatic hydroxyl groups is 1. The highest BCUT2D eigenvalue weighted by atomic mass is 31.2. The van der Waals surface area contributed by atoms with Gasteiger partial charge in [0, 0.05) is 25.7 Å². The molecule has 0 radical (unpaired) electrons. The van der Waals surface area contributed by atoms with Gasteiger partial charge in [-0.2, -0.15) is 0 Å². The zero-order valence-corrected chi connectivity index (χ0v) is 62.0. The minimum absolute atomic E-state index is 0.0845. The van der Waals surface area contributed by atoms with E-state index in [9.17, 15) is 43.2 Å². The fourth-order valence-electron chi connectivity index (χ4n) is 10.7. The molecule has 0 bridgehead atoms. The first-order valence-corrected chi connectivity index (χ1v) is 40.7. The van der Waals surface area contributed by atoms with Crippen molar-refractivity contribution in [2.45, 2.75) is 369 Å². The number of carbonyl (C=O) groups is 4. The summed E-state index contributed by atoms with van der Waals surface area (Å²) >= 11 is 0. The average Bonchev–Trinajstić information content (AvgIpc) is 2.76. The number of phosphoric ester groups is 2. The van der Waals surface area contributed by atoms with Crippen molar-refractivity contribution in [3.63, 3.8) is 0 Å². The summed E-state index contributed by atoms with van der Waals surface area (Å²) in [7, 11) is -9.92. The maximum Gasteiger partial charge on any atom is 0.472 e. The van der Waals surface area contributed by atoms with Gasteiger partial charge in [-0.1, -0.05) is 297 Å². The van der Waals surface area contributed by atoms with Gasteiger partial charge in [0.25, 0.3) is 0 Å². The normalized spacial score (nSPS) is 14.6. The van der Waals surface area contributed by atoms with Crippen LogP contribution in [0.25, 0.3) is 0 Å². The van der Waals surface area contributed by atoms with Crippen molar-refractivity contribution >= 4 is 39.5 Å². The molecule has 6 atom stereocenters. The van der Waals surface area contributed by atoms with Gasteiger partial charge in [0.2, 0.25) is 0 Å². The van der Waals surface area contributed by atoms with Crippen molar-refractivity contribution in [1.82, 2.24) is 0 Å². The van der Waals surface area contributed by atoms with Crippen molar-refractivity contribution in [2.24, 2.45) is 17.8 Å². The van der Waals surface area contributed by atoms with Crippen LogP contribution in [-0.2, 0) is 65.4 Å². The van der Waals surface area contributed by atoms with Crippen molar-refractivity contribution in [3.8, 4) is 0 Å². The highest BCUT2D eigenvalue weighted by Gasteiger charge is 2.30. The SMILES string of the molecule is CCCCCC/C=C\C=C/CCCCCCCC(=O)O[C@H](COC(=O)CCCCCCCCCCCCC(C)CC)COP(=O)(O)OCC(O)COP(=O)(O)OC[C@@H](COC(=O)CCCCCCCCCCC(C)C)OC(=O)CCCCCCCCCCCCC(C)C. The first kappa shape index (κ1) is 90.5. The third-order valence-corrected chi connectivity index (χ3v) is 18.8. The molecule has 4 unspecified atom stereocenters. The van der Waals surface area contributed by atoms with E-state index in [4.69, 9.17) is 37.0 Å². The first-order valence-electron chi connectivity index (χ1n) is 37.7. The van der Waals surface area contributed by atoms with Gasteiger partial charge in [-0.3, -0.25) is 37.3 Å². The number of rotatable bonds is 70. The summed E-state index contributed by atoms with van der Waals surface area (Å²) in [6.07, 6.45) is 52.1. The lowest BCUT2D eigenvalue weighted by molar-refractivity contribution is -0.161. The second-order valence-electron chi connectivity index (χ2n) is 27.2. The van der Waals surface area contributed by atoms with Crippen LogP contribution in [0.3, 0.4) is 0 Å². The highest BCUT2D eigenvalue weighted by molar-refractivity contribution is 7.47. The zero-order valence-electron chi connectivity index (χ0n) is 60.2. The van der Waals surface area contributed by atoms with Crippen LogP contribution in [0.5, 0.6) is 0 Å². The lowest BCUT2D eigenvalue weighted by Crippen LogP contribution is -2.30. The Bertz CT molecular complexity index is 1910. The van der Waals surface area contributed by atoms with Gasteiger partial charge < -0.3 is 33.8 Å². The molecule has 19 heteroatoms. The summed E-state index contributed by atoms with van der Waals surface area (Å²) in [4.78, 5) is 72.7. The molecule has 548 valence electrons. The molecule has 0 heterocycles. The molecule has 0 spiro atoms. The summed E-state index contributed by atoms with van der Waals surface area (Å²) in [5, 5.41) is 10.6. The minimum Gasteiger partial charge on any atom is -0.462 e. The quantitative estimate of drug-likeness (QED) is 0.0169. The summed E-state index contributed by atoms with van der Waals surface area (Å²) in [6.45, 7) is 11.8. The number of carbonyl (C=O) groups excluding carboxylic acids is 4. The summed E-state index contributed by atoms with van der Waals surface area (Å²) in [6, 6.07) is 0. The number of ether oxygens (including phenoxy) is 4. The van der Waals surface area contributed by atoms with Crippen LogP contribution in [0.1, 0.15) is 350 Å². The molecule has 0 aromatic carbocycles. The van der Waals surface area contributed by atoms with Gasteiger partial charge in [-0.15, -0.1) is 0 Å². The Kier molecular flexibility index (Phi) is 62.5. The van der Waals surface area contributed by atoms with Gasteiger partial charge in [0.05, 0.1) is 26.4 Å². The van der Waals surface area contributed by atoms with Crippen LogP contribution in [0.15, 0.2) is 24.3 Å². The Balaban J connectivity index is 5.31. The van der Waals surface area contributed by atoms with E-state index in [0.717, 1.165) is 120 Å². The molecule has 93 heavy (non-hydrogen) atoms. The van der Waals surface area contributed by atoms with E-state index in [-0.39, 0.29) is 25.7 Å². The van der Waals surface area contributed by atoms with Gasteiger partial charge >= 0.3 is 39.5 Å². The van der Waals surface area contributed by atoms with E-state index in [2.05, 4.69) is 72.8 Å². The Labute approximate surface area is 567 Å². The molecule has 0 aromatic rings. The van der Waals surface area contributed by atoms with E-state index < -0.39 is 97.5 Å². The number of unbranched alkanes of at least 4 members (excludes halogenated alkanes) is 34. The maximum absolute atomic E-state index is 13.1. The van der Waals surface area contributed by atoms with Crippen molar-refractivity contribution in [2.75, 3.05) is 39.6 Å². The second-order valence-corrected chi connectivity index (χ2v) is 30.1. The number of hydrogen-bond acceptors (Lipinski definition) is 15. The molecule has 0 aliphatic carbocycles. The summed E-state index contributed by atoms with van der Waals surface area (Å²) < 4.78 is 68.4. The smallest absolute Gasteiger partial charge is 0.462 e. The molecular weight excluding hydrogens is 1220 g/mol. The van der Waals surface area contributed by atoms with Crippen molar-refractivity contribution in [3.05, 3.63) is 24.3 Å². The fraction of sp³-hybridized carbons (Fsp3) is 0.892. The van der Waals surface area contributed by atoms with E-state index >= 15 is 0 Å². The number of aliphatic hydroxyl groups excluding tert-OH is 1. The molecule has 0 amide bonds. The van der Waals surface area contributed by atoms with Crippen molar-refractivity contribution < 1.29 is 80.2 Å². The van der Waals surface area contributed by atoms with Gasteiger partial charge in [-0.25, -0.2) is 9.13 Å². The van der Waals surface area contributed by atoms with Crippen LogP contribution in [0, 0.1) is 17.8 Å². The molecule has 0 saturated carbocycles. The minimum atomic E-state index is -4.96. The third kappa shape index (κ3) is 66.6. The topological polar surface area (TPSA) is 237 Å². The van der Waals surface area contributed by atoms with Crippen LogP contribution in [-0.4, -0.2) is 96.7 Å². The van der Waals surface area contributed by atoms with E-state index in [1.54, 1.807) is 0 Å². The molecule has 0 fully saturated rings. The Morgan fingerprint density at radius 1 is 0.355 bits per heavy atom. The number of esters is 4. The zero-order chi connectivity index (χ0) is 68.7. The second kappa shape index (κ2) is 64.2. The summed E-state index contributed by atoms with van der Waals surface area (Å²) in [5.74, 6) is 0.130. The Morgan fingerprint density at radius 3 is 0.957 bits per heavy atom. The largest absolute Gasteiger partial charge is 0.472 e. The lowest BCUT2D eigenvalue weighted by Gasteiger charge is -2.21. The van der Waals surface area contributed by atoms with Crippen molar-refractivity contribution in [1.29, 1.82) is 0 Å². The van der Waals surface area contributed by atoms with Gasteiger partial charge in [-0.05, 0) is 69.1 Å². The molecule has 3 N–H and O–H groups in total. The molecule has 0 aromatic heterocycles. The molecular formula is C74H140O17P2. The first-order chi connectivity index (χ1) is 44.8. The summed E-state index contributed by atoms with van der Waals surface area (Å²) in [5.41, 5.74) is 0. The number of phosphoric acid groups is 2. The average molecular weight is 1360 g/mol. The molecule has 0 saturated heterocycles. The molecule has 0 aliphatic rings. The van der Waals surface area contributed by atoms with Crippen LogP contribution >= 0.6 is 15.6 Å². The van der Waals surface area contributed by atoms with Crippen LogP contribution in [0.2, 0.25) is 0 Å². The van der Waals surface area contributed by atoms with E-state index in [1.807, 2.05) is 0 Å². The number of hydrogen-bond donors (Lipinski definition) is 3. The van der Waals surface area contributed by atoms with Gasteiger partial charge in [0.15, 0.2) is 12.2 Å². The number of allylic oxidation sites excluding steroid dienone is 4. The van der Waals surface area contributed by atoms with Crippen LogP contribution in [0.4, 0.5) is 0 Å². The molecule has 17 nitrogen and oxygen atoms in total. The molecule has 0 rings (SSSR count). The van der Waals surface area contributed by atoms with E-state index in [1.165, 1.54) is 148 Å². The monoisotopic (exact) mass is 1360 g/mol. The Hall–Kier alpha value is -2.46. The predicted molar refractivity (Wildman–Crippen MR) is 377 cm³/mol. The fourth-order valence-corrected chi connectivity index (χ4v) is 12.3. The third-order valence-electron chi connectivity index (χ3n) is 16.9. The predicted octanol–water partition coefficient (Wildman–Crippen LogP) is 21.0. The standard InChI is InChI=1S/C74H140O17P2/c1-8-10-11-12-13-14-15-16-17-18-19-27-36-43-50-57-73(78)90-69(61-84-71(76)55-48-41-34-26-23-21-25-33-40-47-54-67(7)9-2)63-88-92(80,81)86-59-68(75)60-87-93(82,83)89-64-70(62-85-72(77)56-49-42-35-30-29-32-39-46-53-66(5)6)91-74(79)58-51-44-37-28-22-20-24-31-38-45-52-65(3)4/h14-17,65-70,75H,8-13,18-64H2,1-7H3,(H,80,81)(H,82,83)/b15-14-,17-16-/t67?,68?,69-,70-/m1/s1. The Morgan fingerprint density at radius 2 is 0.634 bits per heavy atom. The lowest BCUT2D eigenvalue weighted by atomic mass is 9.99. The van der Waals surface area contributed by atoms with E-state index in [0.29, 0.717) is 25.7 Å². The highest BCUT2D eigenvalue weighted by Crippen LogP contribution is 2.45. The molecule has 0 aliphatic heterocycles. The van der Waals surface area contributed by atoms with Gasteiger partial charge in [0.1, 0.15) is 19.3 Å².